The number of fused-ring (bicyclic) bond motifs is 1. The van der Waals surface area contributed by atoms with Crippen LogP contribution >= 0.6 is 0 Å². The summed E-state index contributed by atoms with van der Waals surface area (Å²) in [5.41, 5.74) is -4.17. The Hall–Kier alpha value is -3.72. The van der Waals surface area contributed by atoms with Gasteiger partial charge in [-0.1, -0.05) is 0 Å². The summed E-state index contributed by atoms with van der Waals surface area (Å²) in [6, 6.07) is 0. The van der Waals surface area contributed by atoms with Gasteiger partial charge in [0.1, 0.15) is 5.56 Å². The van der Waals surface area contributed by atoms with Gasteiger partial charge in [0.05, 0.1) is 23.7 Å². The molecule has 2 aliphatic rings. The molecule has 2 aromatic rings. The number of H-pyrrole nitrogens is 1. The van der Waals surface area contributed by atoms with Crippen molar-refractivity contribution in [3.05, 3.63) is 45.1 Å². The Morgan fingerprint density at radius 3 is 2.24 bits per heavy atom. The fourth-order valence-corrected chi connectivity index (χ4v) is 4.44. The van der Waals surface area contributed by atoms with Crippen molar-refractivity contribution in [2.45, 2.75) is 31.1 Å². The molecule has 10 nitrogen and oxygen atoms in total. The van der Waals surface area contributed by atoms with Gasteiger partial charge in [-0.2, -0.15) is 31.4 Å². The van der Waals surface area contributed by atoms with E-state index in [2.05, 4.69) is 15.1 Å². The number of rotatable bonds is 4. The van der Waals surface area contributed by atoms with Crippen LogP contribution in [0.15, 0.2) is 17.2 Å². The van der Waals surface area contributed by atoms with Crippen LogP contribution in [-0.4, -0.2) is 81.6 Å². The van der Waals surface area contributed by atoms with Gasteiger partial charge in [-0.15, -0.1) is 0 Å². The van der Waals surface area contributed by atoms with Gasteiger partial charge >= 0.3 is 12.4 Å². The van der Waals surface area contributed by atoms with Crippen LogP contribution in [0.1, 0.15) is 34.7 Å². The van der Waals surface area contributed by atoms with Crippen molar-refractivity contribution in [1.82, 2.24) is 30.0 Å². The maximum atomic E-state index is 13.3. The van der Waals surface area contributed by atoms with Crippen molar-refractivity contribution in [2.75, 3.05) is 44.7 Å². The number of aromatic amines is 1. The van der Waals surface area contributed by atoms with Gasteiger partial charge in [0.2, 0.25) is 17.8 Å². The first-order valence-electron chi connectivity index (χ1n) is 11.1. The minimum absolute atomic E-state index is 0.0197. The predicted octanol–water partition coefficient (Wildman–Crippen LogP) is 1.43. The van der Waals surface area contributed by atoms with E-state index >= 15 is 0 Å². The monoisotopic (exact) mass is 533 g/mol. The Balaban J connectivity index is 1.35. The van der Waals surface area contributed by atoms with Crippen molar-refractivity contribution in [3.8, 4) is 0 Å². The first-order chi connectivity index (χ1) is 17.3. The lowest BCUT2D eigenvalue weighted by atomic mass is 10.0. The summed E-state index contributed by atoms with van der Waals surface area (Å²) in [6.07, 6.45) is -8.21. The van der Waals surface area contributed by atoms with E-state index < -0.39 is 46.8 Å². The zero-order valence-electron chi connectivity index (χ0n) is 19.4. The molecule has 0 bridgehead atoms. The SMILES string of the molecule is CN(CC(=O)N1CCN(c2ncc(C(F)(F)F)cn2)CC1)C(=O)[C@@H]1CCc2c1n[nH]c(=O)c2C(F)(F)F. The van der Waals surface area contributed by atoms with Gasteiger partial charge in [-0.3, -0.25) is 14.4 Å². The summed E-state index contributed by atoms with van der Waals surface area (Å²) in [6.45, 7) is 0.575. The fourth-order valence-electron chi connectivity index (χ4n) is 4.44. The summed E-state index contributed by atoms with van der Waals surface area (Å²) in [5, 5.41) is 5.49. The molecule has 16 heteroatoms. The maximum absolute atomic E-state index is 13.3. The average molecular weight is 533 g/mol. The highest BCUT2D eigenvalue weighted by Crippen LogP contribution is 2.39. The molecule has 200 valence electrons. The number of carbonyl (C=O) groups is 2. The molecule has 0 aromatic carbocycles. The summed E-state index contributed by atoms with van der Waals surface area (Å²) in [5.74, 6) is -1.94. The Labute approximate surface area is 205 Å². The van der Waals surface area contributed by atoms with E-state index in [1.54, 1.807) is 4.90 Å². The zero-order chi connectivity index (χ0) is 27.1. The normalized spacial score (nSPS) is 18.1. The summed E-state index contributed by atoms with van der Waals surface area (Å²) in [7, 11) is 1.35. The number of nitrogens with one attached hydrogen (secondary N) is 1. The molecule has 1 aliphatic heterocycles. The number of anilines is 1. The molecule has 2 aromatic heterocycles. The molecule has 1 saturated heterocycles. The van der Waals surface area contributed by atoms with Crippen molar-refractivity contribution < 1.29 is 35.9 Å². The summed E-state index contributed by atoms with van der Waals surface area (Å²) < 4.78 is 78.0. The molecule has 0 spiro atoms. The first-order valence-corrected chi connectivity index (χ1v) is 11.1. The van der Waals surface area contributed by atoms with E-state index in [0.29, 0.717) is 12.4 Å². The van der Waals surface area contributed by atoms with Crippen LogP contribution in [0.4, 0.5) is 32.3 Å². The first kappa shape index (κ1) is 26.3. The highest BCUT2D eigenvalue weighted by molar-refractivity contribution is 5.89. The van der Waals surface area contributed by atoms with Crippen LogP contribution in [0, 0.1) is 0 Å². The molecule has 0 saturated carbocycles. The molecular formula is C21H21F6N7O3. The third-order valence-electron chi connectivity index (χ3n) is 6.34. The van der Waals surface area contributed by atoms with Gasteiger partial charge in [-0.25, -0.2) is 15.1 Å². The van der Waals surface area contributed by atoms with E-state index in [-0.39, 0.29) is 62.8 Å². The summed E-state index contributed by atoms with van der Waals surface area (Å²) in [4.78, 5) is 49.0. The Kier molecular flexibility index (Phi) is 6.85. The molecule has 0 unspecified atom stereocenters. The van der Waals surface area contributed by atoms with Gasteiger partial charge in [0.15, 0.2) is 0 Å². The number of hydrogen-bond donors (Lipinski definition) is 1. The second kappa shape index (κ2) is 9.63. The largest absolute Gasteiger partial charge is 0.422 e. The number of likely N-dealkylation sites (N-methyl/N-ethyl adjacent to an activating group) is 1. The molecule has 1 fully saturated rings. The molecule has 1 aliphatic carbocycles. The molecular weight excluding hydrogens is 512 g/mol. The van der Waals surface area contributed by atoms with E-state index in [0.717, 1.165) is 4.90 Å². The van der Waals surface area contributed by atoms with Gasteiger partial charge in [-0.05, 0) is 18.4 Å². The molecule has 37 heavy (non-hydrogen) atoms. The third-order valence-corrected chi connectivity index (χ3v) is 6.34. The number of carbonyl (C=O) groups excluding carboxylic acids is 2. The van der Waals surface area contributed by atoms with E-state index in [9.17, 15) is 40.7 Å². The number of hydrogen-bond acceptors (Lipinski definition) is 7. The number of piperazine rings is 1. The van der Waals surface area contributed by atoms with Gasteiger partial charge < -0.3 is 14.7 Å². The van der Waals surface area contributed by atoms with E-state index in [4.69, 9.17) is 0 Å². The second-order valence-corrected chi connectivity index (χ2v) is 8.71. The van der Waals surface area contributed by atoms with Crippen molar-refractivity contribution in [1.29, 1.82) is 0 Å². The number of amides is 2. The zero-order valence-corrected chi connectivity index (χ0v) is 19.4. The quantitative estimate of drug-likeness (QED) is 0.592. The number of nitrogens with zero attached hydrogens (tertiary/aromatic N) is 6. The fraction of sp³-hybridized carbons (Fsp3) is 0.524. The maximum Gasteiger partial charge on any atom is 0.422 e. The smallest absolute Gasteiger partial charge is 0.338 e. The van der Waals surface area contributed by atoms with Crippen molar-refractivity contribution in [2.24, 2.45) is 0 Å². The highest BCUT2D eigenvalue weighted by atomic mass is 19.4. The molecule has 1 N–H and O–H groups in total. The van der Waals surface area contributed by atoms with Crippen LogP contribution in [0.5, 0.6) is 0 Å². The van der Waals surface area contributed by atoms with E-state index in [1.807, 2.05) is 5.10 Å². The lowest BCUT2D eigenvalue weighted by Gasteiger charge is -2.35. The Morgan fingerprint density at radius 2 is 1.68 bits per heavy atom. The van der Waals surface area contributed by atoms with Crippen LogP contribution in [0.3, 0.4) is 0 Å². The second-order valence-electron chi connectivity index (χ2n) is 8.71. The number of aromatic nitrogens is 4. The lowest BCUT2D eigenvalue weighted by molar-refractivity contribution is -0.140. The Bertz CT molecular complexity index is 1240. The Morgan fingerprint density at radius 1 is 1.05 bits per heavy atom. The number of halogens is 6. The predicted molar refractivity (Wildman–Crippen MR) is 114 cm³/mol. The standard InChI is InChI=1S/C21H21F6N7O3/c1-32(18(37)13-3-2-12-15(21(25,26)27)17(36)31-30-16(12)13)10-14(35)33-4-6-34(7-5-33)19-28-8-11(9-29-19)20(22,23)24/h8-9,13H,2-7,10H2,1H3,(H,31,36)/t13-/m1/s1. The van der Waals surface area contributed by atoms with Crippen molar-refractivity contribution in [3.63, 3.8) is 0 Å². The van der Waals surface area contributed by atoms with Crippen LogP contribution in [0.2, 0.25) is 0 Å². The third kappa shape index (κ3) is 5.36. The van der Waals surface area contributed by atoms with Crippen LogP contribution in [0.25, 0.3) is 0 Å². The molecule has 1 atom stereocenters. The molecule has 3 heterocycles. The highest BCUT2D eigenvalue weighted by Gasteiger charge is 2.43. The van der Waals surface area contributed by atoms with Gasteiger partial charge in [0, 0.05) is 45.6 Å². The summed E-state index contributed by atoms with van der Waals surface area (Å²) >= 11 is 0. The molecule has 4 rings (SSSR count). The van der Waals surface area contributed by atoms with Gasteiger partial charge in [0.25, 0.3) is 5.56 Å². The van der Waals surface area contributed by atoms with E-state index in [1.165, 1.54) is 11.9 Å². The average Bonchev–Trinajstić information content (AvgIpc) is 3.25. The van der Waals surface area contributed by atoms with Crippen LogP contribution < -0.4 is 10.5 Å². The lowest BCUT2D eigenvalue weighted by Crippen LogP contribution is -2.52. The topological polar surface area (TPSA) is 115 Å². The van der Waals surface area contributed by atoms with Crippen LogP contribution in [-0.2, 0) is 28.4 Å². The minimum Gasteiger partial charge on any atom is -0.338 e. The molecule has 0 radical (unpaired) electrons. The molecule has 2 amide bonds. The minimum atomic E-state index is -4.89. The number of alkyl halides is 6. The van der Waals surface area contributed by atoms with Crippen molar-refractivity contribution >= 4 is 17.8 Å².